The maximum absolute atomic E-state index is 14.1. The van der Waals surface area contributed by atoms with E-state index in [0.29, 0.717) is 15.9 Å². The lowest BCUT2D eigenvalue weighted by Gasteiger charge is -2.33. The molecule has 3 aromatic carbocycles. The van der Waals surface area contributed by atoms with Gasteiger partial charge < -0.3 is 15.0 Å². The first kappa shape index (κ1) is 30.6. The number of methoxy groups -OCH3 is 1. The molecule has 1 fully saturated rings. The van der Waals surface area contributed by atoms with E-state index in [1.165, 1.54) is 17.0 Å². The third-order valence-electron chi connectivity index (χ3n) is 7.34. The van der Waals surface area contributed by atoms with Gasteiger partial charge in [-0.3, -0.25) is 13.9 Å². The van der Waals surface area contributed by atoms with Crippen molar-refractivity contribution in [2.75, 3.05) is 18.0 Å². The van der Waals surface area contributed by atoms with Crippen molar-refractivity contribution in [1.82, 2.24) is 10.2 Å². The number of ether oxygens (including phenoxy) is 1. The Hall–Kier alpha value is -3.37. The van der Waals surface area contributed by atoms with Crippen LogP contribution in [0.25, 0.3) is 0 Å². The number of halogens is 1. The Balaban J connectivity index is 1.66. The van der Waals surface area contributed by atoms with E-state index < -0.39 is 28.5 Å². The number of rotatable bonds is 11. The number of nitrogens with zero attached hydrogens (tertiary/aromatic N) is 2. The van der Waals surface area contributed by atoms with Gasteiger partial charge in [-0.05, 0) is 67.8 Å². The third-order valence-corrected chi connectivity index (χ3v) is 9.62. The first-order chi connectivity index (χ1) is 19.7. The molecule has 218 valence electrons. The Morgan fingerprint density at radius 1 is 0.976 bits per heavy atom. The number of benzene rings is 3. The molecule has 1 atom stereocenters. The highest BCUT2D eigenvalue weighted by molar-refractivity contribution is 9.10. The zero-order valence-corrected chi connectivity index (χ0v) is 25.7. The van der Waals surface area contributed by atoms with Crippen LogP contribution in [0.15, 0.2) is 88.2 Å². The van der Waals surface area contributed by atoms with Gasteiger partial charge in [0.05, 0.1) is 17.7 Å². The molecule has 1 aliphatic rings. The standard InChI is InChI=1S/C31H36BrN3O5S/c1-23(31(37)33-26-11-5-3-6-12-26)34(21-24-16-18-28(40-2)19-17-24)30(36)22-35(27-13-9-10-25(32)20-27)41(38,39)29-14-7-4-8-15-29/h4,7-10,13-20,23,26H,3,5-6,11-12,21-22H2,1-2H3,(H,33,37)/t23-/m1/s1. The summed E-state index contributed by atoms with van der Waals surface area (Å²) in [6.45, 7) is 1.33. The van der Waals surface area contributed by atoms with Crippen LogP contribution in [0.3, 0.4) is 0 Å². The van der Waals surface area contributed by atoms with E-state index in [4.69, 9.17) is 4.74 Å². The summed E-state index contributed by atoms with van der Waals surface area (Å²) in [6.07, 6.45) is 5.11. The van der Waals surface area contributed by atoms with Crippen LogP contribution >= 0.6 is 15.9 Å². The average molecular weight is 643 g/mol. The van der Waals surface area contributed by atoms with Crippen molar-refractivity contribution in [1.29, 1.82) is 0 Å². The van der Waals surface area contributed by atoms with E-state index in [1.54, 1.807) is 68.6 Å². The fourth-order valence-corrected chi connectivity index (χ4v) is 6.77. The van der Waals surface area contributed by atoms with Crippen molar-refractivity contribution >= 4 is 43.5 Å². The van der Waals surface area contributed by atoms with E-state index in [-0.39, 0.29) is 23.4 Å². The van der Waals surface area contributed by atoms with Crippen LogP contribution < -0.4 is 14.4 Å². The Morgan fingerprint density at radius 2 is 1.66 bits per heavy atom. The monoisotopic (exact) mass is 641 g/mol. The van der Waals surface area contributed by atoms with Crippen molar-refractivity contribution in [2.24, 2.45) is 0 Å². The summed E-state index contributed by atoms with van der Waals surface area (Å²) in [5.74, 6) is -0.0743. The number of carbonyl (C=O) groups excluding carboxylic acids is 2. The maximum atomic E-state index is 14.1. The average Bonchev–Trinajstić information content (AvgIpc) is 2.99. The van der Waals surface area contributed by atoms with Gasteiger partial charge in [0, 0.05) is 17.1 Å². The molecule has 0 heterocycles. The first-order valence-electron chi connectivity index (χ1n) is 13.7. The van der Waals surface area contributed by atoms with Crippen molar-refractivity contribution in [2.45, 2.75) is 62.6 Å². The van der Waals surface area contributed by atoms with Gasteiger partial charge in [0.1, 0.15) is 18.3 Å². The molecule has 2 amide bonds. The van der Waals surface area contributed by atoms with Crippen LogP contribution in [0.4, 0.5) is 5.69 Å². The normalized spacial score (nSPS) is 14.6. The predicted octanol–water partition coefficient (Wildman–Crippen LogP) is 5.52. The minimum absolute atomic E-state index is 0.0672. The summed E-state index contributed by atoms with van der Waals surface area (Å²) in [5, 5.41) is 3.12. The molecule has 3 aromatic rings. The summed E-state index contributed by atoms with van der Waals surface area (Å²) in [4.78, 5) is 29.0. The SMILES string of the molecule is COc1ccc(CN(C(=O)CN(c2cccc(Br)c2)S(=O)(=O)c2ccccc2)[C@H](C)C(=O)NC2CCCCC2)cc1. The van der Waals surface area contributed by atoms with Gasteiger partial charge in [-0.2, -0.15) is 0 Å². The number of carbonyl (C=O) groups is 2. The van der Waals surface area contributed by atoms with E-state index >= 15 is 0 Å². The fourth-order valence-electron chi connectivity index (χ4n) is 4.96. The lowest BCUT2D eigenvalue weighted by atomic mass is 9.95. The number of anilines is 1. The maximum Gasteiger partial charge on any atom is 0.264 e. The molecule has 41 heavy (non-hydrogen) atoms. The van der Waals surface area contributed by atoms with Gasteiger partial charge in [0.15, 0.2) is 0 Å². The predicted molar refractivity (Wildman–Crippen MR) is 163 cm³/mol. The van der Waals surface area contributed by atoms with E-state index in [1.807, 2.05) is 12.1 Å². The molecule has 0 aromatic heterocycles. The highest BCUT2D eigenvalue weighted by atomic mass is 79.9. The van der Waals surface area contributed by atoms with Gasteiger partial charge in [0.2, 0.25) is 11.8 Å². The minimum atomic E-state index is -4.10. The summed E-state index contributed by atoms with van der Waals surface area (Å²) < 4.78 is 34.7. The Bertz CT molecular complexity index is 1430. The summed E-state index contributed by atoms with van der Waals surface area (Å²) >= 11 is 3.41. The molecule has 1 aliphatic carbocycles. The first-order valence-corrected chi connectivity index (χ1v) is 16.0. The highest BCUT2D eigenvalue weighted by Gasteiger charge is 2.33. The van der Waals surface area contributed by atoms with Gasteiger partial charge >= 0.3 is 0 Å². The number of amides is 2. The lowest BCUT2D eigenvalue weighted by Crippen LogP contribution is -2.53. The molecule has 0 radical (unpaired) electrons. The van der Waals surface area contributed by atoms with Crippen molar-refractivity contribution < 1.29 is 22.7 Å². The van der Waals surface area contributed by atoms with Gasteiger partial charge in [0.25, 0.3) is 10.0 Å². The molecule has 1 saturated carbocycles. The summed E-state index contributed by atoms with van der Waals surface area (Å²) in [7, 11) is -2.53. The molecular formula is C31H36BrN3O5S. The topological polar surface area (TPSA) is 96.0 Å². The van der Waals surface area contributed by atoms with Gasteiger partial charge in [-0.1, -0.05) is 71.6 Å². The number of nitrogens with one attached hydrogen (secondary N) is 1. The number of hydrogen-bond acceptors (Lipinski definition) is 5. The second kappa shape index (κ2) is 14.0. The van der Waals surface area contributed by atoms with Crippen LogP contribution in [0, 0.1) is 0 Å². The Kier molecular flexibility index (Phi) is 10.4. The molecule has 0 unspecified atom stereocenters. The van der Waals surface area contributed by atoms with E-state index in [2.05, 4.69) is 21.2 Å². The van der Waals surface area contributed by atoms with Crippen LogP contribution in [-0.2, 0) is 26.2 Å². The van der Waals surface area contributed by atoms with Crippen LogP contribution in [0.5, 0.6) is 5.75 Å². The van der Waals surface area contributed by atoms with Crippen molar-refractivity contribution in [3.8, 4) is 5.75 Å². The molecule has 0 aliphatic heterocycles. The molecule has 10 heteroatoms. The zero-order valence-electron chi connectivity index (χ0n) is 23.3. The van der Waals surface area contributed by atoms with Crippen LogP contribution in [0.1, 0.15) is 44.6 Å². The van der Waals surface area contributed by atoms with Gasteiger partial charge in [-0.15, -0.1) is 0 Å². The number of sulfonamides is 1. The zero-order chi connectivity index (χ0) is 29.4. The molecule has 1 N–H and O–H groups in total. The molecule has 4 rings (SSSR count). The molecule has 0 saturated heterocycles. The lowest BCUT2D eigenvalue weighted by molar-refractivity contribution is -0.139. The second-order valence-electron chi connectivity index (χ2n) is 10.2. The van der Waals surface area contributed by atoms with Crippen LogP contribution in [-0.4, -0.2) is 50.9 Å². The third kappa shape index (κ3) is 7.89. The van der Waals surface area contributed by atoms with Crippen molar-refractivity contribution in [3.05, 3.63) is 88.9 Å². The molecule has 0 spiro atoms. The van der Waals surface area contributed by atoms with E-state index in [0.717, 1.165) is 42.0 Å². The molecular weight excluding hydrogens is 606 g/mol. The summed E-state index contributed by atoms with van der Waals surface area (Å²) in [5.41, 5.74) is 1.12. The fraction of sp³-hybridized carbons (Fsp3) is 0.355. The Morgan fingerprint density at radius 3 is 2.29 bits per heavy atom. The highest BCUT2D eigenvalue weighted by Crippen LogP contribution is 2.27. The largest absolute Gasteiger partial charge is 0.497 e. The molecule has 0 bridgehead atoms. The molecule has 8 nitrogen and oxygen atoms in total. The number of hydrogen-bond donors (Lipinski definition) is 1. The second-order valence-corrected chi connectivity index (χ2v) is 13.0. The van der Waals surface area contributed by atoms with Crippen molar-refractivity contribution in [3.63, 3.8) is 0 Å². The summed E-state index contributed by atoms with van der Waals surface area (Å²) in [6, 6.07) is 21.3. The smallest absolute Gasteiger partial charge is 0.264 e. The van der Waals surface area contributed by atoms with E-state index in [9.17, 15) is 18.0 Å². The van der Waals surface area contributed by atoms with Crippen LogP contribution in [0.2, 0.25) is 0 Å². The quantitative estimate of drug-likeness (QED) is 0.297. The Labute approximate surface area is 250 Å². The van der Waals surface area contributed by atoms with Gasteiger partial charge in [-0.25, -0.2) is 8.42 Å². The minimum Gasteiger partial charge on any atom is -0.497 e.